The third-order valence-corrected chi connectivity index (χ3v) is 4.10. The van der Waals surface area contributed by atoms with E-state index in [1.807, 2.05) is 13.8 Å². The lowest BCUT2D eigenvalue weighted by molar-refractivity contribution is -0.138. The molecular weight excluding hydrogens is 312 g/mol. The van der Waals surface area contributed by atoms with Gasteiger partial charge < -0.3 is 10.0 Å². The number of fused-ring (bicyclic) bond motifs is 1. The molecule has 0 fully saturated rings. The van der Waals surface area contributed by atoms with Crippen molar-refractivity contribution in [2.24, 2.45) is 0 Å². The Labute approximate surface area is 139 Å². The predicted molar refractivity (Wildman–Crippen MR) is 88.1 cm³/mol. The number of rotatable bonds is 7. The van der Waals surface area contributed by atoms with Crippen LogP contribution in [0.4, 0.5) is 0 Å². The molecule has 24 heavy (non-hydrogen) atoms. The van der Waals surface area contributed by atoms with E-state index in [0.29, 0.717) is 31.5 Å². The number of hydrogen-bond donors (Lipinski definition) is 2. The maximum Gasteiger partial charge on any atom is 0.303 e. The zero-order valence-corrected chi connectivity index (χ0v) is 14.1. The first-order chi connectivity index (χ1) is 11.3. The van der Waals surface area contributed by atoms with Crippen LogP contribution in [0, 0.1) is 13.8 Å². The highest BCUT2D eigenvalue weighted by Gasteiger charge is 2.14. The standard InChI is InChI=1S/C16H22N4O4/c1-10-12(11(2)20-13(17-10)9-14(21)18-20)6-7-15(22)19(3)8-4-5-16(23)24/h9H,4-8H2,1-3H3,(H,18,21)(H,23,24). The second-order valence-corrected chi connectivity index (χ2v) is 5.89. The molecule has 130 valence electrons. The number of nitrogens with one attached hydrogen (secondary N) is 1. The van der Waals surface area contributed by atoms with Gasteiger partial charge >= 0.3 is 5.97 Å². The first-order valence-electron chi connectivity index (χ1n) is 7.83. The minimum atomic E-state index is -0.859. The molecular formula is C16H22N4O4. The molecule has 1 amide bonds. The number of H-pyrrole nitrogens is 1. The van der Waals surface area contributed by atoms with Gasteiger partial charge in [0.2, 0.25) is 5.91 Å². The summed E-state index contributed by atoms with van der Waals surface area (Å²) < 4.78 is 1.63. The molecule has 2 N–H and O–H groups in total. The minimum Gasteiger partial charge on any atom is -0.481 e. The molecule has 0 unspecified atom stereocenters. The normalized spacial score (nSPS) is 11.0. The molecule has 0 bridgehead atoms. The quantitative estimate of drug-likeness (QED) is 0.782. The predicted octanol–water partition coefficient (Wildman–Crippen LogP) is 0.895. The van der Waals surface area contributed by atoms with Gasteiger partial charge in [-0.2, -0.15) is 0 Å². The number of aliphatic carboxylic acids is 1. The van der Waals surface area contributed by atoms with Gasteiger partial charge in [0.1, 0.15) is 0 Å². The highest BCUT2D eigenvalue weighted by atomic mass is 16.4. The van der Waals surface area contributed by atoms with Crippen LogP contribution in [0.15, 0.2) is 10.9 Å². The van der Waals surface area contributed by atoms with E-state index < -0.39 is 5.97 Å². The van der Waals surface area contributed by atoms with Crippen LogP contribution in [0.3, 0.4) is 0 Å². The van der Waals surface area contributed by atoms with E-state index >= 15 is 0 Å². The number of carbonyl (C=O) groups is 2. The molecule has 0 saturated carbocycles. The molecule has 2 aromatic rings. The third-order valence-electron chi connectivity index (χ3n) is 4.10. The summed E-state index contributed by atoms with van der Waals surface area (Å²) in [6.07, 6.45) is 1.32. The number of aromatic amines is 1. The monoisotopic (exact) mass is 334 g/mol. The van der Waals surface area contributed by atoms with Crippen molar-refractivity contribution < 1.29 is 14.7 Å². The van der Waals surface area contributed by atoms with Crippen molar-refractivity contribution in [1.82, 2.24) is 19.5 Å². The van der Waals surface area contributed by atoms with Crippen molar-refractivity contribution in [3.8, 4) is 0 Å². The van der Waals surface area contributed by atoms with E-state index in [1.54, 1.807) is 16.5 Å². The zero-order chi connectivity index (χ0) is 17.9. The number of carboxylic acids is 1. The van der Waals surface area contributed by atoms with Gasteiger partial charge in [-0.3, -0.25) is 19.5 Å². The average molecular weight is 334 g/mol. The fourth-order valence-corrected chi connectivity index (χ4v) is 2.73. The maximum atomic E-state index is 12.2. The summed E-state index contributed by atoms with van der Waals surface area (Å²) >= 11 is 0. The van der Waals surface area contributed by atoms with Gasteiger partial charge in [0, 0.05) is 43.9 Å². The van der Waals surface area contributed by atoms with Crippen molar-refractivity contribution >= 4 is 17.5 Å². The van der Waals surface area contributed by atoms with Crippen LogP contribution in [0.5, 0.6) is 0 Å². The number of aryl methyl sites for hydroxylation is 2. The first kappa shape index (κ1) is 17.7. The van der Waals surface area contributed by atoms with Gasteiger partial charge in [-0.15, -0.1) is 0 Å². The van der Waals surface area contributed by atoms with Crippen LogP contribution in [-0.4, -0.2) is 50.1 Å². The zero-order valence-electron chi connectivity index (χ0n) is 14.1. The third kappa shape index (κ3) is 4.01. The lowest BCUT2D eigenvalue weighted by Gasteiger charge is -2.17. The van der Waals surface area contributed by atoms with Gasteiger partial charge in [-0.05, 0) is 32.3 Å². The minimum absolute atomic E-state index is 0.0414. The molecule has 2 aromatic heterocycles. The summed E-state index contributed by atoms with van der Waals surface area (Å²) in [6.45, 7) is 4.17. The van der Waals surface area contributed by atoms with Gasteiger partial charge in [0.05, 0.1) is 0 Å². The van der Waals surface area contributed by atoms with Crippen molar-refractivity contribution in [2.75, 3.05) is 13.6 Å². The number of hydrogen-bond acceptors (Lipinski definition) is 4. The molecule has 8 heteroatoms. The van der Waals surface area contributed by atoms with Gasteiger partial charge in [0.25, 0.3) is 5.56 Å². The molecule has 0 aliphatic rings. The Morgan fingerprint density at radius 3 is 2.71 bits per heavy atom. The molecule has 0 aliphatic heterocycles. The van der Waals surface area contributed by atoms with Crippen LogP contribution in [-0.2, 0) is 16.0 Å². The summed E-state index contributed by atoms with van der Waals surface area (Å²) in [4.78, 5) is 40.1. The Kier molecular flexibility index (Phi) is 5.38. The molecule has 0 spiro atoms. The van der Waals surface area contributed by atoms with E-state index in [4.69, 9.17) is 5.11 Å². The molecule has 0 atom stereocenters. The van der Waals surface area contributed by atoms with E-state index in [1.165, 1.54) is 6.07 Å². The number of aromatic nitrogens is 3. The van der Waals surface area contributed by atoms with Crippen molar-refractivity contribution in [2.45, 2.75) is 39.5 Å². The summed E-state index contributed by atoms with van der Waals surface area (Å²) in [7, 11) is 1.68. The lowest BCUT2D eigenvalue weighted by Crippen LogP contribution is -2.28. The molecule has 2 rings (SSSR count). The Balaban J connectivity index is 2.03. The van der Waals surface area contributed by atoms with Crippen molar-refractivity contribution in [1.29, 1.82) is 0 Å². The van der Waals surface area contributed by atoms with Crippen LogP contribution in [0.2, 0.25) is 0 Å². The Hall–Kier alpha value is -2.64. The lowest BCUT2D eigenvalue weighted by atomic mass is 10.1. The number of carbonyl (C=O) groups excluding carboxylic acids is 1. The fourth-order valence-electron chi connectivity index (χ4n) is 2.73. The summed E-state index contributed by atoms with van der Waals surface area (Å²) in [5.74, 6) is -0.900. The molecule has 0 aliphatic carbocycles. The van der Waals surface area contributed by atoms with E-state index in [2.05, 4.69) is 10.1 Å². The van der Waals surface area contributed by atoms with Gasteiger partial charge in [-0.1, -0.05) is 0 Å². The Morgan fingerprint density at radius 2 is 2.04 bits per heavy atom. The van der Waals surface area contributed by atoms with Crippen molar-refractivity contribution in [3.05, 3.63) is 33.4 Å². The second-order valence-electron chi connectivity index (χ2n) is 5.89. The molecule has 0 aromatic carbocycles. The Morgan fingerprint density at radius 1 is 1.33 bits per heavy atom. The number of amides is 1. The highest BCUT2D eigenvalue weighted by molar-refractivity contribution is 5.76. The molecule has 2 heterocycles. The largest absolute Gasteiger partial charge is 0.481 e. The summed E-state index contributed by atoms with van der Waals surface area (Å²) in [5, 5.41) is 11.3. The maximum absolute atomic E-state index is 12.2. The first-order valence-corrected chi connectivity index (χ1v) is 7.83. The molecule has 0 saturated heterocycles. The number of nitrogens with zero attached hydrogens (tertiary/aromatic N) is 3. The second kappa shape index (κ2) is 7.29. The topological polar surface area (TPSA) is 108 Å². The van der Waals surface area contributed by atoms with Crippen LogP contribution >= 0.6 is 0 Å². The van der Waals surface area contributed by atoms with Crippen LogP contribution in [0.25, 0.3) is 5.65 Å². The van der Waals surface area contributed by atoms with E-state index in [9.17, 15) is 14.4 Å². The van der Waals surface area contributed by atoms with E-state index in [0.717, 1.165) is 17.0 Å². The fraction of sp³-hybridized carbons (Fsp3) is 0.500. The van der Waals surface area contributed by atoms with Crippen LogP contribution < -0.4 is 5.56 Å². The smallest absolute Gasteiger partial charge is 0.303 e. The van der Waals surface area contributed by atoms with Gasteiger partial charge in [-0.25, -0.2) is 9.50 Å². The van der Waals surface area contributed by atoms with Crippen molar-refractivity contribution in [3.63, 3.8) is 0 Å². The average Bonchev–Trinajstić information content (AvgIpc) is 2.86. The summed E-state index contributed by atoms with van der Waals surface area (Å²) in [5.41, 5.74) is 2.95. The highest BCUT2D eigenvalue weighted by Crippen LogP contribution is 2.15. The Bertz CT molecular complexity index is 821. The van der Waals surface area contributed by atoms with E-state index in [-0.39, 0.29) is 17.9 Å². The van der Waals surface area contributed by atoms with Crippen LogP contribution in [0.1, 0.15) is 36.2 Å². The van der Waals surface area contributed by atoms with Gasteiger partial charge in [0.15, 0.2) is 5.65 Å². The number of carboxylic acid groups (broad SMARTS) is 1. The molecule has 8 nitrogen and oxygen atoms in total. The SMILES string of the molecule is Cc1nc2cc(=O)[nH]n2c(C)c1CCC(=O)N(C)CCCC(=O)O. The molecule has 0 radical (unpaired) electrons. The summed E-state index contributed by atoms with van der Waals surface area (Å²) in [6, 6.07) is 1.44.